The first-order valence-corrected chi connectivity index (χ1v) is 1.69. The largest absolute Gasteiger partial charge is 0.429 e. The highest BCUT2D eigenvalue weighted by molar-refractivity contribution is 5.42. The molecule has 36 valence electrons. The molecule has 0 aromatic carbocycles. The summed E-state index contributed by atoms with van der Waals surface area (Å²) in [6.07, 6.45) is 0. The molecule has 0 saturated heterocycles. The third kappa shape index (κ3) is 0.199. The molecule has 1 aliphatic heterocycles. The Hall–Kier alpha value is -1.19. The van der Waals surface area contributed by atoms with Gasteiger partial charge in [0.25, 0.3) is 0 Å². The van der Waals surface area contributed by atoms with Crippen molar-refractivity contribution in [3.63, 3.8) is 0 Å². The maximum absolute atomic E-state index is 10.1. The highest BCUT2D eigenvalue weighted by Crippen LogP contribution is 2.41. The minimum absolute atomic E-state index is 0.208. The molecular formula is C3O4. The van der Waals surface area contributed by atoms with Crippen molar-refractivity contribution in [2.24, 2.45) is 0 Å². The zero-order chi connectivity index (χ0) is 4.85. The molecule has 0 aliphatic carbocycles. The van der Waals surface area contributed by atoms with E-state index in [1.807, 2.05) is 0 Å². The van der Waals surface area contributed by atoms with Gasteiger partial charge in [-0.3, -0.25) is 0 Å². The number of hydrogen-bond acceptors (Lipinski definition) is 4. The molecule has 2 rings (SSSR count). The van der Waals surface area contributed by atoms with Gasteiger partial charge in [0.2, 0.25) is 0 Å². The molecule has 7 heavy (non-hydrogen) atoms. The Morgan fingerprint density at radius 2 is 2.14 bits per heavy atom. The molecule has 0 fully saturated rings. The lowest BCUT2D eigenvalue weighted by molar-refractivity contribution is 0.0277. The highest BCUT2D eigenvalue weighted by atomic mass is 17.0. The van der Waals surface area contributed by atoms with Gasteiger partial charge in [0.1, 0.15) is 0 Å². The van der Waals surface area contributed by atoms with Crippen LogP contribution in [0.4, 0.5) is 0 Å². The number of rotatable bonds is 0. The van der Waals surface area contributed by atoms with Gasteiger partial charge >= 0.3 is 17.3 Å². The summed E-state index contributed by atoms with van der Waals surface area (Å²) in [6, 6.07) is 0. The number of fused-ring (bicyclic) bond motifs is 1. The normalized spacial score (nSPS) is 12.6. The van der Waals surface area contributed by atoms with Crippen LogP contribution in [0.2, 0.25) is 0 Å². The van der Waals surface area contributed by atoms with Crippen molar-refractivity contribution in [3.05, 3.63) is 10.4 Å². The summed E-state index contributed by atoms with van der Waals surface area (Å²) in [6.45, 7) is 0. The van der Waals surface area contributed by atoms with E-state index in [1.54, 1.807) is 0 Å². The van der Waals surface area contributed by atoms with Gasteiger partial charge in [-0.05, 0) is 0 Å². The maximum Gasteiger partial charge on any atom is 0.429 e. The van der Waals surface area contributed by atoms with Crippen LogP contribution in [-0.2, 0) is 0 Å². The first-order valence-electron chi connectivity index (χ1n) is 1.69. The van der Waals surface area contributed by atoms with E-state index in [9.17, 15) is 4.79 Å². The van der Waals surface area contributed by atoms with Gasteiger partial charge in [-0.25, -0.2) is 13.9 Å². The molecule has 2 heterocycles. The lowest BCUT2D eigenvalue weighted by Crippen LogP contribution is -1.86. The summed E-state index contributed by atoms with van der Waals surface area (Å²) in [7, 11) is 0. The summed E-state index contributed by atoms with van der Waals surface area (Å²) in [4.78, 5) is 10.1. The van der Waals surface area contributed by atoms with Crippen LogP contribution in [0.15, 0.2) is 13.9 Å². The van der Waals surface area contributed by atoms with E-state index in [0.717, 1.165) is 0 Å². The molecule has 1 aromatic rings. The minimum Gasteiger partial charge on any atom is -0.405 e. The van der Waals surface area contributed by atoms with Crippen molar-refractivity contribution in [1.29, 1.82) is 0 Å². The molecule has 0 bridgehead atoms. The molecule has 0 N–H and O–H groups in total. The summed E-state index contributed by atoms with van der Waals surface area (Å²) in [5.41, 5.74) is -0.532. The monoisotopic (exact) mass is 100.0 g/mol. The summed E-state index contributed by atoms with van der Waals surface area (Å²) < 4.78 is 12.5. The Morgan fingerprint density at radius 3 is 2.29 bits per heavy atom. The standard InChI is InChI=1S/C3O4/c4-2-1-3(5-1)7-6-2. The molecule has 0 spiro atoms. The fourth-order valence-corrected chi connectivity index (χ4v) is 0.361. The van der Waals surface area contributed by atoms with Crippen LogP contribution in [0, 0.1) is 0 Å². The van der Waals surface area contributed by atoms with Gasteiger partial charge in [0.15, 0.2) is 0 Å². The molecule has 0 atom stereocenters. The molecular weight excluding hydrogens is 100 g/mol. The van der Waals surface area contributed by atoms with Gasteiger partial charge in [0.05, 0.1) is 0 Å². The fourth-order valence-electron chi connectivity index (χ4n) is 0.361. The first kappa shape index (κ1) is 2.90. The van der Waals surface area contributed by atoms with Gasteiger partial charge < -0.3 is 4.74 Å². The highest BCUT2D eigenvalue weighted by Gasteiger charge is 2.33. The van der Waals surface area contributed by atoms with E-state index in [0.29, 0.717) is 0 Å². The van der Waals surface area contributed by atoms with Crippen LogP contribution >= 0.6 is 0 Å². The quantitative estimate of drug-likeness (QED) is 0.353. The Balaban J connectivity index is 3.00. The molecule has 1 aliphatic rings. The van der Waals surface area contributed by atoms with Gasteiger partial charge in [0, 0.05) is 0 Å². The van der Waals surface area contributed by atoms with Crippen LogP contribution in [0.25, 0.3) is 0 Å². The fraction of sp³-hybridized carbons (Fsp3) is 0. The second kappa shape index (κ2) is 0.598. The van der Waals surface area contributed by atoms with Gasteiger partial charge in [-0.15, -0.1) is 0 Å². The third-order valence-electron chi connectivity index (χ3n) is 0.717. The van der Waals surface area contributed by atoms with Crippen molar-refractivity contribution in [3.8, 4) is 11.7 Å². The van der Waals surface area contributed by atoms with E-state index in [1.165, 1.54) is 0 Å². The predicted octanol–water partition coefficient (Wildman–Crippen LogP) is 0.338. The Morgan fingerprint density at radius 1 is 1.29 bits per heavy atom. The van der Waals surface area contributed by atoms with E-state index < -0.39 is 5.63 Å². The van der Waals surface area contributed by atoms with Crippen molar-refractivity contribution >= 4 is 0 Å². The summed E-state index contributed by atoms with van der Waals surface area (Å²) in [5.74, 6) is 0.421. The van der Waals surface area contributed by atoms with E-state index in [4.69, 9.17) is 0 Å². The number of hydrogen-bond donors (Lipinski definition) is 0. The van der Waals surface area contributed by atoms with Crippen LogP contribution in [0.3, 0.4) is 0 Å². The average Bonchev–Trinajstić information content (AvgIpc) is 2.33. The summed E-state index contributed by atoms with van der Waals surface area (Å²) >= 11 is 0. The van der Waals surface area contributed by atoms with E-state index in [-0.39, 0.29) is 11.7 Å². The van der Waals surface area contributed by atoms with Crippen LogP contribution < -0.4 is 10.4 Å². The number of ether oxygens (including phenoxy) is 1. The van der Waals surface area contributed by atoms with Gasteiger partial charge in [-0.2, -0.15) is 0 Å². The second-order valence-electron chi connectivity index (χ2n) is 1.17. The minimum atomic E-state index is -0.532. The van der Waals surface area contributed by atoms with Crippen molar-refractivity contribution in [2.75, 3.05) is 0 Å². The molecule has 1 aromatic heterocycles. The zero-order valence-corrected chi connectivity index (χ0v) is 3.13. The van der Waals surface area contributed by atoms with E-state index >= 15 is 0 Å². The van der Waals surface area contributed by atoms with E-state index in [2.05, 4.69) is 13.9 Å². The van der Waals surface area contributed by atoms with Crippen molar-refractivity contribution < 1.29 is 13.9 Å². The van der Waals surface area contributed by atoms with Crippen LogP contribution in [0.5, 0.6) is 11.7 Å². The first-order chi connectivity index (χ1) is 3.38. The lowest BCUT2D eigenvalue weighted by Gasteiger charge is -1.63. The molecule has 0 amide bonds. The van der Waals surface area contributed by atoms with Crippen LogP contribution in [0.1, 0.15) is 0 Å². The molecule has 0 radical (unpaired) electrons. The van der Waals surface area contributed by atoms with Gasteiger partial charge in [-0.1, -0.05) is 0 Å². The smallest absolute Gasteiger partial charge is 0.405 e. The molecule has 0 unspecified atom stereocenters. The maximum atomic E-state index is 10.1. The second-order valence-corrected chi connectivity index (χ2v) is 1.17. The van der Waals surface area contributed by atoms with Crippen molar-refractivity contribution in [1.82, 2.24) is 0 Å². The Bertz CT molecular complexity index is 242. The Labute approximate surface area is 37.2 Å². The average molecular weight is 100 g/mol. The molecule has 4 heteroatoms. The predicted molar refractivity (Wildman–Crippen MR) is 17.3 cm³/mol. The Kier molecular flexibility index (Phi) is 0.247. The molecule has 4 nitrogen and oxygen atoms in total. The lowest BCUT2D eigenvalue weighted by atomic mass is 10.8. The van der Waals surface area contributed by atoms with Crippen LogP contribution in [-0.4, -0.2) is 0 Å². The SMILES string of the molecule is O=c1ooc2c1O2. The third-order valence-corrected chi connectivity index (χ3v) is 0.717. The van der Waals surface area contributed by atoms with Crippen molar-refractivity contribution in [2.45, 2.75) is 0 Å². The summed E-state index contributed by atoms with van der Waals surface area (Å²) in [5, 5.41) is 0. The molecule has 0 saturated carbocycles. The zero-order valence-electron chi connectivity index (χ0n) is 3.13. The topological polar surface area (TPSA) is 55.9 Å².